The maximum Gasteiger partial charge on any atom is 0.248 e. The van der Waals surface area contributed by atoms with E-state index in [1.165, 1.54) is 0 Å². The maximum atomic E-state index is 12.7. The molecule has 0 aromatic carbocycles. The van der Waals surface area contributed by atoms with Crippen LogP contribution in [0.4, 0.5) is 11.5 Å². The third-order valence-electron chi connectivity index (χ3n) is 7.23. The minimum absolute atomic E-state index is 0.0304. The van der Waals surface area contributed by atoms with Crippen molar-refractivity contribution < 1.29 is 9.53 Å². The molecule has 2 fully saturated rings. The Hall–Kier alpha value is -3.52. The number of ether oxygens (including phenoxy) is 1. The number of aromatic nitrogens is 3. The van der Waals surface area contributed by atoms with Gasteiger partial charge < -0.3 is 20.3 Å². The molecule has 0 unspecified atom stereocenters. The third kappa shape index (κ3) is 4.53. The zero-order valence-corrected chi connectivity index (χ0v) is 21.3. The summed E-state index contributed by atoms with van der Waals surface area (Å²) in [4.78, 5) is 31.0. The average molecular weight is 487 g/mol. The van der Waals surface area contributed by atoms with Gasteiger partial charge in [-0.2, -0.15) is 0 Å². The molecule has 188 valence electrons. The number of anilines is 2. The number of nitrogen functional groups attached to an aromatic ring is 1. The fourth-order valence-corrected chi connectivity index (χ4v) is 5.19. The standard InChI is InChI=1S/C28H34N6O2/c1-5-19-12-21(20-8-9-30-14-24(20)31-19)22-13-23(29)28(32-27(22)18-6-7-18)33-10-11-34(26(35)16-36-4)25(15-33)17(2)3/h5,8-9,12-14,17-18,25H,1,6-7,10-11,15-16,29H2,2-4H3/t25-/m0/s1. The first kappa shape index (κ1) is 24.2. The van der Waals surface area contributed by atoms with Crippen LogP contribution in [0.25, 0.3) is 28.1 Å². The number of methoxy groups -OCH3 is 1. The Morgan fingerprint density at radius 3 is 2.75 bits per heavy atom. The van der Waals surface area contributed by atoms with Gasteiger partial charge in [0.05, 0.1) is 34.8 Å². The van der Waals surface area contributed by atoms with Crippen LogP contribution in [0.1, 0.15) is 44.0 Å². The van der Waals surface area contributed by atoms with Crippen LogP contribution < -0.4 is 10.6 Å². The number of piperazine rings is 1. The number of carbonyl (C=O) groups is 1. The Morgan fingerprint density at radius 2 is 2.06 bits per heavy atom. The number of hydrogen-bond acceptors (Lipinski definition) is 7. The van der Waals surface area contributed by atoms with E-state index >= 15 is 0 Å². The van der Waals surface area contributed by atoms with E-state index in [9.17, 15) is 4.79 Å². The Balaban J connectivity index is 1.55. The molecule has 1 aliphatic heterocycles. The minimum atomic E-state index is 0.0304. The molecule has 5 rings (SSSR count). The first-order valence-corrected chi connectivity index (χ1v) is 12.6. The van der Waals surface area contributed by atoms with Gasteiger partial charge in [-0.05, 0) is 48.6 Å². The second-order valence-corrected chi connectivity index (χ2v) is 10.1. The molecular formula is C28H34N6O2. The highest BCUT2D eigenvalue weighted by Crippen LogP contribution is 2.46. The highest BCUT2D eigenvalue weighted by atomic mass is 16.5. The van der Waals surface area contributed by atoms with Gasteiger partial charge in [0.15, 0.2) is 5.82 Å². The van der Waals surface area contributed by atoms with Crippen LogP contribution in [0, 0.1) is 5.92 Å². The van der Waals surface area contributed by atoms with Gasteiger partial charge in [0.1, 0.15) is 6.61 Å². The first-order chi connectivity index (χ1) is 17.4. The van der Waals surface area contributed by atoms with E-state index in [2.05, 4.69) is 47.4 Å². The van der Waals surface area contributed by atoms with Crippen LogP contribution in [0.3, 0.4) is 0 Å². The molecular weight excluding hydrogens is 452 g/mol. The van der Waals surface area contributed by atoms with Crippen molar-refractivity contribution >= 4 is 34.4 Å². The second-order valence-electron chi connectivity index (χ2n) is 10.1. The molecule has 36 heavy (non-hydrogen) atoms. The van der Waals surface area contributed by atoms with Crippen molar-refractivity contribution in [3.63, 3.8) is 0 Å². The Kier molecular flexibility index (Phi) is 6.62. The Labute approximate surface area is 212 Å². The normalized spacial score (nSPS) is 18.2. The quantitative estimate of drug-likeness (QED) is 0.537. The largest absolute Gasteiger partial charge is 0.396 e. The molecule has 1 atom stereocenters. The molecule has 3 aromatic rings. The van der Waals surface area contributed by atoms with E-state index in [-0.39, 0.29) is 18.6 Å². The smallest absolute Gasteiger partial charge is 0.248 e. The number of hydrogen-bond donors (Lipinski definition) is 1. The highest BCUT2D eigenvalue weighted by Gasteiger charge is 2.35. The molecule has 2 N–H and O–H groups in total. The molecule has 4 heterocycles. The van der Waals surface area contributed by atoms with Gasteiger partial charge in [-0.15, -0.1) is 0 Å². The van der Waals surface area contributed by atoms with Crippen molar-refractivity contribution in [2.75, 3.05) is 44.0 Å². The van der Waals surface area contributed by atoms with Crippen molar-refractivity contribution in [3.8, 4) is 11.1 Å². The van der Waals surface area contributed by atoms with Crippen molar-refractivity contribution in [2.24, 2.45) is 5.92 Å². The van der Waals surface area contributed by atoms with Gasteiger partial charge in [-0.3, -0.25) is 9.78 Å². The van der Waals surface area contributed by atoms with E-state index in [1.807, 2.05) is 11.0 Å². The van der Waals surface area contributed by atoms with Crippen molar-refractivity contribution in [1.29, 1.82) is 0 Å². The van der Waals surface area contributed by atoms with Crippen molar-refractivity contribution in [2.45, 2.75) is 38.6 Å². The average Bonchev–Trinajstić information content (AvgIpc) is 3.73. The lowest BCUT2D eigenvalue weighted by atomic mass is 9.96. The number of rotatable bonds is 7. The SMILES string of the molecule is C=Cc1cc(-c2cc(N)c(N3CCN(C(=O)COC)[C@H](C(C)C)C3)nc2C2CC2)c2ccncc2n1. The molecule has 8 heteroatoms. The monoisotopic (exact) mass is 486 g/mol. The van der Waals surface area contributed by atoms with Crippen molar-refractivity contribution in [3.05, 3.63) is 48.6 Å². The summed E-state index contributed by atoms with van der Waals surface area (Å²) in [5.74, 6) is 1.56. The zero-order chi connectivity index (χ0) is 25.4. The van der Waals surface area contributed by atoms with Crippen LogP contribution in [0.5, 0.6) is 0 Å². The Morgan fingerprint density at radius 1 is 1.25 bits per heavy atom. The molecule has 1 saturated carbocycles. The lowest BCUT2D eigenvalue weighted by Crippen LogP contribution is -2.58. The topological polar surface area (TPSA) is 97.5 Å². The van der Waals surface area contributed by atoms with Crippen molar-refractivity contribution in [1.82, 2.24) is 19.9 Å². The van der Waals surface area contributed by atoms with E-state index in [0.717, 1.165) is 52.1 Å². The van der Waals surface area contributed by atoms with Gasteiger partial charge in [-0.1, -0.05) is 20.4 Å². The number of nitrogens with zero attached hydrogens (tertiary/aromatic N) is 5. The number of carbonyl (C=O) groups excluding carboxylic acids is 1. The Bertz CT molecular complexity index is 1300. The summed E-state index contributed by atoms with van der Waals surface area (Å²) in [7, 11) is 1.56. The molecule has 1 aliphatic carbocycles. The summed E-state index contributed by atoms with van der Waals surface area (Å²) in [5.41, 5.74) is 12.2. The summed E-state index contributed by atoms with van der Waals surface area (Å²) < 4.78 is 5.12. The molecule has 0 bridgehead atoms. The minimum Gasteiger partial charge on any atom is -0.396 e. The molecule has 3 aromatic heterocycles. The fourth-order valence-electron chi connectivity index (χ4n) is 5.19. The van der Waals surface area contributed by atoms with E-state index in [1.54, 1.807) is 25.6 Å². The van der Waals surface area contributed by atoms with Crippen LogP contribution >= 0.6 is 0 Å². The molecule has 8 nitrogen and oxygen atoms in total. The van der Waals surface area contributed by atoms with Gasteiger partial charge in [-0.25, -0.2) is 9.97 Å². The summed E-state index contributed by atoms with van der Waals surface area (Å²) in [6.45, 7) is 10.3. The van der Waals surface area contributed by atoms with Crippen LogP contribution in [0.2, 0.25) is 0 Å². The summed E-state index contributed by atoms with van der Waals surface area (Å²) in [6.07, 6.45) is 7.57. The summed E-state index contributed by atoms with van der Waals surface area (Å²) in [6, 6.07) is 6.20. The lowest BCUT2D eigenvalue weighted by Gasteiger charge is -2.44. The second kappa shape index (κ2) is 9.85. The first-order valence-electron chi connectivity index (χ1n) is 12.6. The number of pyridine rings is 3. The highest BCUT2D eigenvalue weighted by molar-refractivity contribution is 5.96. The van der Waals surface area contributed by atoms with Crippen LogP contribution in [-0.4, -0.2) is 65.2 Å². The van der Waals surface area contributed by atoms with Gasteiger partial charge >= 0.3 is 0 Å². The zero-order valence-electron chi connectivity index (χ0n) is 21.3. The molecule has 0 spiro atoms. The van der Waals surface area contributed by atoms with Gasteiger partial charge in [0.25, 0.3) is 0 Å². The number of nitrogens with two attached hydrogens (primary N) is 1. The number of amides is 1. The fraction of sp³-hybridized carbons (Fsp3) is 0.429. The summed E-state index contributed by atoms with van der Waals surface area (Å²) in [5, 5.41) is 1.02. The third-order valence-corrected chi connectivity index (χ3v) is 7.23. The lowest BCUT2D eigenvalue weighted by molar-refractivity contribution is -0.139. The molecule has 2 aliphatic rings. The number of fused-ring (bicyclic) bond motifs is 1. The molecule has 1 amide bonds. The predicted molar refractivity (Wildman–Crippen MR) is 144 cm³/mol. The molecule has 1 saturated heterocycles. The summed E-state index contributed by atoms with van der Waals surface area (Å²) >= 11 is 0. The molecule has 0 radical (unpaired) electrons. The maximum absolute atomic E-state index is 12.7. The van der Waals surface area contributed by atoms with E-state index in [4.69, 9.17) is 15.5 Å². The van der Waals surface area contributed by atoms with Crippen LogP contribution in [-0.2, 0) is 9.53 Å². The van der Waals surface area contributed by atoms with Gasteiger partial charge in [0.2, 0.25) is 5.91 Å². The van der Waals surface area contributed by atoms with Gasteiger partial charge in [0, 0.05) is 49.8 Å². The van der Waals surface area contributed by atoms with E-state index < -0.39 is 0 Å². The predicted octanol–water partition coefficient (Wildman–Crippen LogP) is 4.11. The van der Waals surface area contributed by atoms with Crippen LogP contribution in [0.15, 0.2) is 37.2 Å². The van der Waals surface area contributed by atoms with E-state index in [0.29, 0.717) is 37.2 Å².